The van der Waals surface area contributed by atoms with Crippen molar-refractivity contribution in [2.75, 3.05) is 5.32 Å². The van der Waals surface area contributed by atoms with Crippen molar-refractivity contribution < 1.29 is 13.2 Å². The van der Waals surface area contributed by atoms with Crippen LogP contribution in [0.25, 0.3) is 0 Å². The first-order valence-electron chi connectivity index (χ1n) is 7.01. The smallest absolute Gasteiger partial charge is 0.196 e. The van der Waals surface area contributed by atoms with Crippen molar-refractivity contribution >= 4 is 5.69 Å². The number of rotatable bonds is 3. The molecule has 0 amide bonds. The van der Waals surface area contributed by atoms with Crippen molar-refractivity contribution in [3.63, 3.8) is 0 Å². The fourth-order valence-corrected chi connectivity index (χ4v) is 2.79. The lowest BCUT2D eigenvalue weighted by Crippen LogP contribution is -2.19. The molecule has 0 saturated heterocycles. The van der Waals surface area contributed by atoms with Gasteiger partial charge in [-0.2, -0.15) is 0 Å². The Morgan fingerprint density at radius 2 is 1.84 bits per heavy atom. The van der Waals surface area contributed by atoms with Gasteiger partial charge in [0.05, 0.1) is 5.69 Å². The van der Waals surface area contributed by atoms with Crippen LogP contribution in [0.4, 0.5) is 18.9 Å². The highest BCUT2D eigenvalue weighted by Gasteiger charge is 2.20. The van der Waals surface area contributed by atoms with Crippen molar-refractivity contribution in [3.8, 4) is 0 Å². The zero-order chi connectivity index (χ0) is 13.8. The maximum absolute atomic E-state index is 13.6. The molecule has 1 aliphatic carbocycles. The average Bonchev–Trinajstić information content (AvgIpc) is 2.64. The minimum absolute atomic E-state index is 0.0684. The van der Waals surface area contributed by atoms with Crippen LogP contribution in [0, 0.1) is 23.4 Å². The number of hydrogen-bond donors (Lipinski definition) is 1. The van der Waals surface area contributed by atoms with Crippen LogP contribution in [0.3, 0.4) is 0 Å². The van der Waals surface area contributed by atoms with Gasteiger partial charge in [0.1, 0.15) is 0 Å². The molecule has 106 valence electrons. The largest absolute Gasteiger partial charge is 0.380 e. The molecule has 2 unspecified atom stereocenters. The van der Waals surface area contributed by atoms with E-state index in [0.717, 1.165) is 37.7 Å². The summed E-state index contributed by atoms with van der Waals surface area (Å²) in [6, 6.07) is 2.39. The molecule has 1 saturated carbocycles. The number of benzene rings is 1. The van der Waals surface area contributed by atoms with Crippen molar-refractivity contribution in [3.05, 3.63) is 29.6 Å². The summed E-state index contributed by atoms with van der Waals surface area (Å²) in [7, 11) is 0. The van der Waals surface area contributed by atoms with E-state index >= 15 is 0 Å². The summed E-state index contributed by atoms with van der Waals surface area (Å²) in [5.41, 5.74) is 0.0684. The zero-order valence-corrected chi connectivity index (χ0v) is 11.2. The number of nitrogens with one attached hydrogen (secondary N) is 1. The zero-order valence-electron chi connectivity index (χ0n) is 11.2. The molecule has 1 fully saturated rings. The van der Waals surface area contributed by atoms with E-state index in [1.54, 1.807) is 0 Å². The fraction of sp³-hybridized carbons (Fsp3) is 0.600. The van der Waals surface area contributed by atoms with Gasteiger partial charge in [-0.05, 0) is 37.3 Å². The summed E-state index contributed by atoms with van der Waals surface area (Å²) in [4.78, 5) is 0. The molecule has 1 nitrogen and oxygen atoms in total. The Hall–Kier alpha value is -1.19. The van der Waals surface area contributed by atoms with Crippen LogP contribution in [0.2, 0.25) is 0 Å². The van der Waals surface area contributed by atoms with E-state index in [1.165, 1.54) is 18.9 Å². The minimum atomic E-state index is -1.40. The molecule has 0 spiro atoms. The predicted octanol–water partition coefficient (Wildman–Crippen LogP) is 4.87. The Kier molecular flexibility index (Phi) is 4.72. The standard InChI is InChI=1S/C15H20F3N/c1-2-10-4-3-5-11(7-6-10)19-13-9-8-12(16)14(17)15(13)18/h8-11,19H,2-7H2,1H3. The topological polar surface area (TPSA) is 12.0 Å². The SMILES string of the molecule is CCC1CCCC(Nc2ccc(F)c(F)c2F)CC1. The van der Waals surface area contributed by atoms with Crippen LogP contribution in [0.5, 0.6) is 0 Å². The molecule has 0 aliphatic heterocycles. The highest BCUT2D eigenvalue weighted by atomic mass is 19.2. The van der Waals surface area contributed by atoms with E-state index < -0.39 is 17.5 Å². The monoisotopic (exact) mass is 271 g/mol. The van der Waals surface area contributed by atoms with Crippen molar-refractivity contribution in [1.82, 2.24) is 0 Å². The van der Waals surface area contributed by atoms with E-state index in [-0.39, 0.29) is 11.7 Å². The molecule has 0 radical (unpaired) electrons. The molecule has 0 heterocycles. The predicted molar refractivity (Wildman–Crippen MR) is 70.6 cm³/mol. The van der Waals surface area contributed by atoms with Crippen LogP contribution in [0.15, 0.2) is 12.1 Å². The highest BCUT2D eigenvalue weighted by molar-refractivity contribution is 5.46. The Morgan fingerprint density at radius 1 is 1.05 bits per heavy atom. The summed E-state index contributed by atoms with van der Waals surface area (Å²) in [6.07, 6.45) is 6.49. The Bertz CT molecular complexity index is 434. The molecule has 0 bridgehead atoms. The summed E-state index contributed by atoms with van der Waals surface area (Å²) in [6.45, 7) is 2.19. The lowest BCUT2D eigenvalue weighted by molar-refractivity contribution is 0.442. The van der Waals surface area contributed by atoms with E-state index in [2.05, 4.69) is 12.2 Å². The molecule has 2 atom stereocenters. The van der Waals surface area contributed by atoms with Crippen LogP contribution in [-0.4, -0.2) is 6.04 Å². The van der Waals surface area contributed by atoms with Gasteiger partial charge in [-0.3, -0.25) is 0 Å². The van der Waals surface area contributed by atoms with Crippen molar-refractivity contribution in [2.24, 2.45) is 5.92 Å². The van der Waals surface area contributed by atoms with E-state index in [4.69, 9.17) is 0 Å². The van der Waals surface area contributed by atoms with Gasteiger partial charge in [-0.1, -0.05) is 26.2 Å². The highest BCUT2D eigenvalue weighted by Crippen LogP contribution is 2.28. The van der Waals surface area contributed by atoms with Crippen LogP contribution >= 0.6 is 0 Å². The number of anilines is 1. The van der Waals surface area contributed by atoms with Gasteiger partial charge in [0.15, 0.2) is 17.5 Å². The first-order valence-corrected chi connectivity index (χ1v) is 7.01. The second-order valence-corrected chi connectivity index (χ2v) is 5.35. The molecule has 1 aliphatic rings. The molecule has 0 aromatic heterocycles. The molecule has 4 heteroatoms. The van der Waals surface area contributed by atoms with Crippen molar-refractivity contribution in [1.29, 1.82) is 0 Å². The van der Waals surface area contributed by atoms with Gasteiger partial charge in [-0.25, -0.2) is 13.2 Å². The second kappa shape index (κ2) is 6.31. The average molecular weight is 271 g/mol. The summed E-state index contributed by atoms with van der Waals surface area (Å²) in [5, 5.41) is 3.02. The maximum atomic E-state index is 13.6. The molecule has 1 aromatic rings. The van der Waals surface area contributed by atoms with Crippen LogP contribution < -0.4 is 5.32 Å². The van der Waals surface area contributed by atoms with Gasteiger partial charge in [0.25, 0.3) is 0 Å². The second-order valence-electron chi connectivity index (χ2n) is 5.35. The Labute approximate surface area is 112 Å². The van der Waals surface area contributed by atoms with E-state index in [1.807, 2.05) is 0 Å². The molecule has 2 rings (SSSR count). The Morgan fingerprint density at radius 3 is 2.58 bits per heavy atom. The minimum Gasteiger partial charge on any atom is -0.380 e. The number of halogens is 3. The summed E-state index contributed by atoms with van der Waals surface area (Å²) >= 11 is 0. The normalized spacial score (nSPS) is 24.0. The van der Waals surface area contributed by atoms with Gasteiger partial charge >= 0.3 is 0 Å². The molecule has 19 heavy (non-hydrogen) atoms. The lowest BCUT2D eigenvalue weighted by atomic mass is 9.98. The van der Waals surface area contributed by atoms with Crippen molar-refractivity contribution in [2.45, 2.75) is 51.5 Å². The maximum Gasteiger partial charge on any atom is 0.196 e. The first-order chi connectivity index (χ1) is 9.11. The quantitative estimate of drug-likeness (QED) is 0.610. The summed E-state index contributed by atoms with van der Waals surface area (Å²) in [5.74, 6) is -2.92. The lowest BCUT2D eigenvalue weighted by Gasteiger charge is -2.18. The van der Waals surface area contributed by atoms with Crippen LogP contribution in [0.1, 0.15) is 45.4 Å². The number of hydrogen-bond acceptors (Lipinski definition) is 1. The molecule has 1 N–H and O–H groups in total. The van der Waals surface area contributed by atoms with Gasteiger partial charge in [0.2, 0.25) is 0 Å². The summed E-state index contributed by atoms with van der Waals surface area (Å²) < 4.78 is 39.6. The van der Waals surface area contributed by atoms with E-state index in [0.29, 0.717) is 0 Å². The first kappa shape index (κ1) is 14.2. The Balaban J connectivity index is 2.03. The third kappa shape index (κ3) is 3.43. The fourth-order valence-electron chi connectivity index (χ4n) is 2.79. The third-order valence-electron chi connectivity index (χ3n) is 4.06. The molecule has 1 aromatic carbocycles. The van der Waals surface area contributed by atoms with Crippen LogP contribution in [-0.2, 0) is 0 Å². The van der Waals surface area contributed by atoms with Gasteiger partial charge < -0.3 is 5.32 Å². The van der Waals surface area contributed by atoms with E-state index in [9.17, 15) is 13.2 Å². The third-order valence-corrected chi connectivity index (χ3v) is 4.06. The molecular weight excluding hydrogens is 251 g/mol. The van der Waals surface area contributed by atoms with Gasteiger partial charge in [0, 0.05) is 6.04 Å². The van der Waals surface area contributed by atoms with Gasteiger partial charge in [-0.15, -0.1) is 0 Å². The molecular formula is C15H20F3N.